The van der Waals surface area contributed by atoms with Crippen LogP contribution in [-0.2, 0) is 4.79 Å². The second-order valence-electron chi connectivity index (χ2n) is 4.04. The Labute approximate surface area is 111 Å². The molecule has 0 radical (unpaired) electrons. The minimum Gasteiger partial charge on any atom is -0.409 e. The van der Waals surface area contributed by atoms with Gasteiger partial charge in [-0.15, -0.1) is 0 Å². The maximum atomic E-state index is 12.9. The van der Waals surface area contributed by atoms with Gasteiger partial charge in [0.05, 0.1) is 5.92 Å². The fraction of sp³-hybridized carbons (Fsp3) is 0.385. The molecule has 0 aliphatic rings. The van der Waals surface area contributed by atoms with Crippen LogP contribution >= 0.6 is 0 Å². The van der Waals surface area contributed by atoms with Crippen molar-refractivity contribution in [3.05, 3.63) is 30.1 Å². The lowest BCUT2D eigenvalue weighted by Gasteiger charge is -2.25. The SMILES string of the molecule is CCC(C(=O)N(CC)c1ccc(F)cc1)C(N)=NO. The number of halogens is 1. The van der Waals surface area contributed by atoms with Crippen LogP contribution in [0.15, 0.2) is 29.4 Å². The van der Waals surface area contributed by atoms with Crippen LogP contribution in [0.25, 0.3) is 0 Å². The Morgan fingerprint density at radius 2 is 2.00 bits per heavy atom. The van der Waals surface area contributed by atoms with Crippen LogP contribution in [0.2, 0.25) is 0 Å². The summed E-state index contributed by atoms with van der Waals surface area (Å²) in [4.78, 5) is 13.8. The maximum Gasteiger partial charge on any atom is 0.237 e. The zero-order valence-electron chi connectivity index (χ0n) is 11.0. The number of oxime groups is 1. The number of hydrogen-bond acceptors (Lipinski definition) is 3. The molecule has 1 amide bonds. The Balaban J connectivity index is 3.02. The topological polar surface area (TPSA) is 78.9 Å². The summed E-state index contributed by atoms with van der Waals surface area (Å²) >= 11 is 0. The lowest BCUT2D eigenvalue weighted by Crippen LogP contribution is -2.41. The molecule has 1 atom stereocenters. The molecule has 104 valence electrons. The van der Waals surface area contributed by atoms with Crippen molar-refractivity contribution in [2.75, 3.05) is 11.4 Å². The molecule has 19 heavy (non-hydrogen) atoms. The molecule has 1 aromatic rings. The summed E-state index contributed by atoms with van der Waals surface area (Å²) in [5, 5.41) is 11.6. The fourth-order valence-corrected chi connectivity index (χ4v) is 1.85. The summed E-state index contributed by atoms with van der Waals surface area (Å²) < 4.78 is 12.9. The van der Waals surface area contributed by atoms with Gasteiger partial charge < -0.3 is 15.8 Å². The lowest BCUT2D eigenvalue weighted by atomic mass is 10.0. The highest BCUT2D eigenvalue weighted by molar-refractivity contribution is 6.08. The molecule has 0 saturated carbocycles. The first-order chi connectivity index (χ1) is 9.04. The molecule has 0 bridgehead atoms. The van der Waals surface area contributed by atoms with E-state index in [0.29, 0.717) is 18.7 Å². The summed E-state index contributed by atoms with van der Waals surface area (Å²) in [6, 6.07) is 5.62. The van der Waals surface area contributed by atoms with E-state index < -0.39 is 5.92 Å². The number of benzene rings is 1. The molecule has 0 fully saturated rings. The Bertz CT molecular complexity index is 459. The second kappa shape index (κ2) is 6.72. The summed E-state index contributed by atoms with van der Waals surface area (Å²) in [7, 11) is 0. The third kappa shape index (κ3) is 3.43. The van der Waals surface area contributed by atoms with E-state index >= 15 is 0 Å². The highest BCUT2D eigenvalue weighted by Gasteiger charge is 2.26. The van der Waals surface area contributed by atoms with Crippen molar-refractivity contribution < 1.29 is 14.4 Å². The minimum absolute atomic E-state index is 0.118. The van der Waals surface area contributed by atoms with Gasteiger partial charge >= 0.3 is 0 Å². The van der Waals surface area contributed by atoms with Gasteiger partial charge in [-0.1, -0.05) is 12.1 Å². The average Bonchev–Trinajstić information content (AvgIpc) is 2.42. The van der Waals surface area contributed by atoms with Crippen molar-refractivity contribution in [3.63, 3.8) is 0 Å². The Morgan fingerprint density at radius 3 is 2.42 bits per heavy atom. The van der Waals surface area contributed by atoms with E-state index in [2.05, 4.69) is 5.16 Å². The highest BCUT2D eigenvalue weighted by Crippen LogP contribution is 2.18. The second-order valence-corrected chi connectivity index (χ2v) is 4.04. The predicted octanol–water partition coefficient (Wildman–Crippen LogP) is 1.95. The molecule has 6 heteroatoms. The van der Waals surface area contributed by atoms with Gasteiger partial charge in [0.1, 0.15) is 5.82 Å². The van der Waals surface area contributed by atoms with Crippen molar-refractivity contribution in [2.24, 2.45) is 16.8 Å². The molecule has 0 aliphatic heterocycles. The van der Waals surface area contributed by atoms with Gasteiger partial charge in [0.2, 0.25) is 5.91 Å². The molecular weight excluding hydrogens is 249 g/mol. The first-order valence-corrected chi connectivity index (χ1v) is 6.09. The molecule has 0 saturated heterocycles. The summed E-state index contributed by atoms with van der Waals surface area (Å²) in [6.45, 7) is 4.00. The van der Waals surface area contributed by atoms with E-state index in [1.807, 2.05) is 0 Å². The normalized spacial score (nSPS) is 13.1. The number of rotatable bonds is 5. The molecule has 0 heterocycles. The number of amidine groups is 1. The first-order valence-electron chi connectivity index (χ1n) is 6.09. The lowest BCUT2D eigenvalue weighted by molar-refractivity contribution is -0.120. The number of amides is 1. The standard InChI is InChI=1S/C13H18FN3O2/c1-3-11(12(15)16-19)13(18)17(4-2)10-7-5-9(14)6-8-10/h5-8,11,19H,3-4H2,1-2H3,(H2,15,16). The molecule has 3 N–H and O–H groups in total. The van der Waals surface area contributed by atoms with Crippen molar-refractivity contribution in [3.8, 4) is 0 Å². The third-order valence-corrected chi connectivity index (χ3v) is 2.90. The van der Waals surface area contributed by atoms with Gasteiger partial charge in [-0.2, -0.15) is 0 Å². The Hall–Kier alpha value is -2.11. The quantitative estimate of drug-likeness (QED) is 0.370. The van der Waals surface area contributed by atoms with E-state index in [1.54, 1.807) is 13.8 Å². The average molecular weight is 267 g/mol. The number of anilines is 1. The maximum absolute atomic E-state index is 12.9. The van der Waals surface area contributed by atoms with Crippen LogP contribution in [0.1, 0.15) is 20.3 Å². The summed E-state index contributed by atoms with van der Waals surface area (Å²) in [5.41, 5.74) is 6.10. The van der Waals surface area contributed by atoms with Crippen LogP contribution in [-0.4, -0.2) is 23.5 Å². The van der Waals surface area contributed by atoms with E-state index in [1.165, 1.54) is 29.2 Å². The van der Waals surface area contributed by atoms with Crippen molar-refractivity contribution in [2.45, 2.75) is 20.3 Å². The van der Waals surface area contributed by atoms with Gasteiger partial charge in [-0.25, -0.2) is 4.39 Å². The van der Waals surface area contributed by atoms with Gasteiger partial charge in [0, 0.05) is 12.2 Å². The highest BCUT2D eigenvalue weighted by atomic mass is 19.1. The molecule has 0 spiro atoms. The largest absolute Gasteiger partial charge is 0.409 e. The van der Waals surface area contributed by atoms with Crippen molar-refractivity contribution in [1.82, 2.24) is 0 Å². The molecule has 5 nitrogen and oxygen atoms in total. The zero-order chi connectivity index (χ0) is 14.4. The molecule has 0 aromatic heterocycles. The van der Waals surface area contributed by atoms with Gasteiger partial charge in [0.15, 0.2) is 5.84 Å². The van der Waals surface area contributed by atoms with Crippen LogP contribution in [0.3, 0.4) is 0 Å². The van der Waals surface area contributed by atoms with Crippen molar-refractivity contribution >= 4 is 17.4 Å². The van der Waals surface area contributed by atoms with Crippen LogP contribution in [0.5, 0.6) is 0 Å². The minimum atomic E-state index is -0.685. The third-order valence-electron chi connectivity index (χ3n) is 2.90. The Morgan fingerprint density at radius 1 is 1.42 bits per heavy atom. The van der Waals surface area contributed by atoms with Gasteiger partial charge in [-0.05, 0) is 37.6 Å². The molecule has 1 aromatic carbocycles. The van der Waals surface area contributed by atoms with Crippen molar-refractivity contribution in [1.29, 1.82) is 0 Å². The predicted molar refractivity (Wildman–Crippen MR) is 71.6 cm³/mol. The van der Waals surface area contributed by atoms with Crippen LogP contribution in [0.4, 0.5) is 10.1 Å². The van der Waals surface area contributed by atoms with Gasteiger partial charge in [0.25, 0.3) is 0 Å². The number of nitrogens with two attached hydrogens (primary N) is 1. The number of nitrogens with zero attached hydrogens (tertiary/aromatic N) is 2. The smallest absolute Gasteiger partial charge is 0.237 e. The zero-order valence-corrected chi connectivity index (χ0v) is 11.0. The molecular formula is C13H18FN3O2. The van der Waals surface area contributed by atoms with E-state index in [0.717, 1.165) is 0 Å². The first kappa shape index (κ1) is 14.9. The molecule has 1 rings (SSSR count). The molecule has 0 aliphatic carbocycles. The number of hydrogen-bond donors (Lipinski definition) is 2. The van der Waals surface area contributed by atoms with E-state index in [9.17, 15) is 9.18 Å². The fourth-order valence-electron chi connectivity index (χ4n) is 1.85. The number of carbonyl (C=O) groups excluding carboxylic acids is 1. The summed E-state index contributed by atoms with van der Waals surface area (Å²) in [6.07, 6.45) is 0.423. The monoisotopic (exact) mass is 267 g/mol. The van der Waals surface area contributed by atoms with Gasteiger partial charge in [-0.3, -0.25) is 4.79 Å². The Kier molecular flexibility index (Phi) is 5.29. The van der Waals surface area contributed by atoms with Crippen LogP contribution < -0.4 is 10.6 Å². The van der Waals surface area contributed by atoms with E-state index in [4.69, 9.17) is 10.9 Å². The summed E-state index contributed by atoms with van der Waals surface area (Å²) in [5.74, 6) is -1.44. The molecule has 1 unspecified atom stereocenters. The van der Waals surface area contributed by atoms with E-state index in [-0.39, 0.29) is 17.6 Å². The number of carbonyl (C=O) groups is 1. The van der Waals surface area contributed by atoms with Crippen LogP contribution in [0, 0.1) is 11.7 Å².